The van der Waals surface area contributed by atoms with Gasteiger partial charge in [0.1, 0.15) is 23.8 Å². The summed E-state index contributed by atoms with van der Waals surface area (Å²) in [6, 6.07) is 4.51. The maximum atomic E-state index is 13.4. The first-order valence-electron chi connectivity index (χ1n) is 6.33. The van der Waals surface area contributed by atoms with Crippen molar-refractivity contribution in [3.8, 4) is 5.75 Å². The van der Waals surface area contributed by atoms with Crippen molar-refractivity contribution in [2.75, 3.05) is 13.2 Å². The van der Waals surface area contributed by atoms with Crippen molar-refractivity contribution in [1.82, 2.24) is 5.32 Å². The quantitative estimate of drug-likeness (QED) is 0.842. The molecule has 1 amide bonds. The van der Waals surface area contributed by atoms with E-state index >= 15 is 0 Å². The topological polar surface area (TPSA) is 47.6 Å². The maximum Gasteiger partial charge on any atom is 0.407 e. The van der Waals surface area contributed by atoms with Crippen LogP contribution in [-0.4, -0.2) is 24.8 Å². The molecule has 1 aromatic rings. The Morgan fingerprint density at radius 1 is 1.45 bits per heavy atom. The third kappa shape index (κ3) is 5.73. The molecular formula is C15H20FNO3. The Morgan fingerprint density at radius 2 is 2.15 bits per heavy atom. The Balaban J connectivity index is 2.33. The molecule has 110 valence electrons. The van der Waals surface area contributed by atoms with E-state index in [-0.39, 0.29) is 13.2 Å². The molecule has 0 spiro atoms. The average molecular weight is 281 g/mol. The Hall–Kier alpha value is -2.04. The van der Waals surface area contributed by atoms with Crippen LogP contribution in [0.15, 0.2) is 24.8 Å². The number of hydrogen-bond donors (Lipinski definition) is 1. The summed E-state index contributed by atoms with van der Waals surface area (Å²) >= 11 is 0. The zero-order chi connectivity index (χ0) is 15.2. The van der Waals surface area contributed by atoms with E-state index in [0.29, 0.717) is 11.3 Å². The standard InChI is InChI=1S/C15H20FNO3/c1-5-11-6-7-12(10-13(11)16)19-9-8-17-14(18)20-15(2,3)4/h5-7,10H,1,8-9H2,2-4H3,(H,17,18). The number of benzene rings is 1. The molecule has 0 heterocycles. The van der Waals surface area contributed by atoms with Gasteiger partial charge in [-0.2, -0.15) is 0 Å². The van der Waals surface area contributed by atoms with E-state index in [2.05, 4.69) is 11.9 Å². The molecule has 0 aliphatic heterocycles. The van der Waals surface area contributed by atoms with Gasteiger partial charge in [0.25, 0.3) is 0 Å². The minimum atomic E-state index is -0.533. The summed E-state index contributed by atoms with van der Waals surface area (Å²) in [5, 5.41) is 2.55. The van der Waals surface area contributed by atoms with E-state index in [1.807, 2.05) is 0 Å². The van der Waals surface area contributed by atoms with Crippen molar-refractivity contribution < 1.29 is 18.7 Å². The highest BCUT2D eigenvalue weighted by atomic mass is 19.1. The van der Waals surface area contributed by atoms with Crippen LogP contribution in [0.2, 0.25) is 0 Å². The number of amides is 1. The van der Waals surface area contributed by atoms with Crippen LogP contribution in [0.3, 0.4) is 0 Å². The lowest BCUT2D eigenvalue weighted by Gasteiger charge is -2.19. The molecule has 0 bridgehead atoms. The second-order valence-electron chi connectivity index (χ2n) is 5.16. The van der Waals surface area contributed by atoms with E-state index in [9.17, 15) is 9.18 Å². The predicted molar refractivity (Wildman–Crippen MR) is 76.2 cm³/mol. The molecular weight excluding hydrogens is 261 g/mol. The lowest BCUT2D eigenvalue weighted by atomic mass is 10.2. The van der Waals surface area contributed by atoms with Gasteiger partial charge in [-0.05, 0) is 32.9 Å². The zero-order valence-electron chi connectivity index (χ0n) is 12.0. The number of alkyl carbamates (subject to hydrolysis) is 1. The van der Waals surface area contributed by atoms with Gasteiger partial charge in [-0.15, -0.1) is 0 Å². The SMILES string of the molecule is C=Cc1ccc(OCCNC(=O)OC(C)(C)C)cc1F. The predicted octanol–water partition coefficient (Wildman–Crippen LogP) is 3.37. The number of halogens is 1. The Kier molecular flexibility index (Phi) is 5.55. The number of carbonyl (C=O) groups is 1. The van der Waals surface area contributed by atoms with E-state index in [4.69, 9.17) is 9.47 Å². The minimum absolute atomic E-state index is 0.228. The second-order valence-corrected chi connectivity index (χ2v) is 5.16. The van der Waals surface area contributed by atoms with Crippen molar-refractivity contribution >= 4 is 12.2 Å². The van der Waals surface area contributed by atoms with Crippen LogP contribution >= 0.6 is 0 Å². The Labute approximate surface area is 118 Å². The number of carbonyl (C=O) groups excluding carboxylic acids is 1. The lowest BCUT2D eigenvalue weighted by molar-refractivity contribution is 0.0520. The van der Waals surface area contributed by atoms with Crippen molar-refractivity contribution in [3.05, 3.63) is 36.2 Å². The number of rotatable bonds is 5. The van der Waals surface area contributed by atoms with E-state index in [1.165, 1.54) is 12.1 Å². The van der Waals surface area contributed by atoms with Gasteiger partial charge in [-0.25, -0.2) is 9.18 Å². The molecule has 0 aliphatic carbocycles. The molecule has 5 heteroatoms. The Bertz CT molecular complexity index is 480. The molecule has 0 aromatic heterocycles. The Morgan fingerprint density at radius 3 is 2.70 bits per heavy atom. The van der Waals surface area contributed by atoms with Gasteiger partial charge >= 0.3 is 6.09 Å². The summed E-state index contributed by atoms with van der Waals surface area (Å²) < 4.78 is 23.8. The zero-order valence-corrected chi connectivity index (χ0v) is 12.0. The highest BCUT2D eigenvalue weighted by Crippen LogP contribution is 2.17. The molecule has 20 heavy (non-hydrogen) atoms. The molecule has 1 aromatic carbocycles. The molecule has 0 aliphatic rings. The van der Waals surface area contributed by atoms with E-state index < -0.39 is 17.5 Å². The lowest BCUT2D eigenvalue weighted by Crippen LogP contribution is -2.34. The van der Waals surface area contributed by atoms with Crippen molar-refractivity contribution in [2.24, 2.45) is 0 Å². The summed E-state index contributed by atoms with van der Waals surface area (Å²) in [5.74, 6) is 0.0108. The second kappa shape index (κ2) is 6.93. The largest absolute Gasteiger partial charge is 0.492 e. The van der Waals surface area contributed by atoms with Crippen LogP contribution in [0.5, 0.6) is 5.75 Å². The maximum absolute atomic E-state index is 13.4. The van der Waals surface area contributed by atoms with Crippen LogP contribution in [0.1, 0.15) is 26.3 Å². The summed E-state index contributed by atoms with van der Waals surface area (Å²) in [6.45, 7) is 9.36. The van der Waals surface area contributed by atoms with Gasteiger partial charge in [0, 0.05) is 11.6 Å². The summed E-state index contributed by atoms with van der Waals surface area (Å²) in [4.78, 5) is 11.3. The normalized spacial score (nSPS) is 10.8. The summed E-state index contributed by atoms with van der Waals surface area (Å²) in [6.07, 6.45) is 0.928. The van der Waals surface area contributed by atoms with Gasteiger partial charge in [-0.1, -0.05) is 12.7 Å². The number of nitrogens with one attached hydrogen (secondary N) is 1. The highest BCUT2D eigenvalue weighted by Gasteiger charge is 2.15. The van der Waals surface area contributed by atoms with Crippen LogP contribution in [0, 0.1) is 5.82 Å². The van der Waals surface area contributed by atoms with Crippen LogP contribution in [0.25, 0.3) is 6.08 Å². The van der Waals surface area contributed by atoms with Gasteiger partial charge in [0.15, 0.2) is 0 Å². The van der Waals surface area contributed by atoms with Gasteiger partial charge < -0.3 is 14.8 Å². The minimum Gasteiger partial charge on any atom is -0.492 e. The average Bonchev–Trinajstić information content (AvgIpc) is 2.33. The van der Waals surface area contributed by atoms with Crippen LogP contribution in [-0.2, 0) is 4.74 Å². The van der Waals surface area contributed by atoms with Crippen LogP contribution < -0.4 is 10.1 Å². The molecule has 0 fully saturated rings. The van der Waals surface area contributed by atoms with Gasteiger partial charge in [0.2, 0.25) is 0 Å². The van der Waals surface area contributed by atoms with Gasteiger partial charge in [0.05, 0.1) is 6.54 Å². The third-order valence-electron chi connectivity index (χ3n) is 2.23. The number of hydrogen-bond acceptors (Lipinski definition) is 3. The first kappa shape index (κ1) is 16.0. The number of ether oxygens (including phenoxy) is 2. The molecule has 0 atom stereocenters. The highest BCUT2D eigenvalue weighted by molar-refractivity contribution is 5.67. The fourth-order valence-electron chi connectivity index (χ4n) is 1.40. The monoisotopic (exact) mass is 281 g/mol. The molecule has 0 radical (unpaired) electrons. The fourth-order valence-corrected chi connectivity index (χ4v) is 1.40. The molecule has 0 saturated heterocycles. The van der Waals surface area contributed by atoms with Gasteiger partial charge in [-0.3, -0.25) is 0 Å². The van der Waals surface area contributed by atoms with Crippen molar-refractivity contribution in [3.63, 3.8) is 0 Å². The van der Waals surface area contributed by atoms with E-state index in [1.54, 1.807) is 32.9 Å². The molecule has 1 rings (SSSR count). The van der Waals surface area contributed by atoms with E-state index in [0.717, 1.165) is 0 Å². The molecule has 0 saturated carbocycles. The smallest absolute Gasteiger partial charge is 0.407 e. The third-order valence-corrected chi connectivity index (χ3v) is 2.23. The molecule has 0 unspecified atom stereocenters. The van der Waals surface area contributed by atoms with Crippen LogP contribution in [0.4, 0.5) is 9.18 Å². The summed E-state index contributed by atoms with van der Waals surface area (Å²) in [5.41, 5.74) is -0.113. The van der Waals surface area contributed by atoms with Crippen molar-refractivity contribution in [1.29, 1.82) is 0 Å². The summed E-state index contributed by atoms with van der Waals surface area (Å²) in [7, 11) is 0. The first-order valence-corrected chi connectivity index (χ1v) is 6.33. The molecule has 4 nitrogen and oxygen atoms in total. The fraction of sp³-hybridized carbons (Fsp3) is 0.400. The first-order chi connectivity index (χ1) is 9.31. The molecule has 1 N–H and O–H groups in total. The van der Waals surface area contributed by atoms with Crippen molar-refractivity contribution in [2.45, 2.75) is 26.4 Å².